The number of hydrogen-bond donors (Lipinski definition) is 1. The molecule has 3 nitrogen and oxygen atoms in total. The molecule has 1 saturated heterocycles. The lowest BCUT2D eigenvalue weighted by molar-refractivity contribution is -0.142. The van der Waals surface area contributed by atoms with Crippen LogP contribution in [0.1, 0.15) is 30.4 Å². The van der Waals surface area contributed by atoms with Crippen molar-refractivity contribution >= 4 is 11.7 Å². The summed E-state index contributed by atoms with van der Waals surface area (Å²) in [4.78, 5) is 13.4. The third-order valence-corrected chi connectivity index (χ3v) is 4.49. The molecular weight excluding hydrogens is 283 g/mol. The largest absolute Gasteiger partial charge is 0.481 e. The molecule has 114 valence electrons. The molecule has 6 heteroatoms. The van der Waals surface area contributed by atoms with Crippen molar-refractivity contribution in [1.29, 1.82) is 0 Å². The van der Waals surface area contributed by atoms with Crippen LogP contribution in [-0.2, 0) is 17.4 Å². The Morgan fingerprint density at radius 1 is 1.29 bits per heavy atom. The third-order valence-electron chi connectivity index (χ3n) is 4.49. The number of piperidine rings is 1. The summed E-state index contributed by atoms with van der Waals surface area (Å²) < 4.78 is 38.5. The molecule has 2 atom stereocenters. The summed E-state index contributed by atoms with van der Waals surface area (Å²) in [6.07, 6.45) is -1.51. The highest BCUT2D eigenvalue weighted by Gasteiger charge is 2.40. The molecule has 1 aromatic rings. The first-order valence-corrected chi connectivity index (χ1v) is 7.07. The molecule has 0 aromatic heterocycles. The van der Waals surface area contributed by atoms with Gasteiger partial charge in [0, 0.05) is 18.3 Å². The Hall–Kier alpha value is -1.72. The van der Waals surface area contributed by atoms with Crippen molar-refractivity contribution in [3.8, 4) is 0 Å². The van der Waals surface area contributed by atoms with Gasteiger partial charge in [-0.25, -0.2) is 0 Å². The number of carboxylic acid groups (broad SMARTS) is 1. The minimum Gasteiger partial charge on any atom is -0.481 e. The maximum atomic E-state index is 12.8. The van der Waals surface area contributed by atoms with Gasteiger partial charge in [0.1, 0.15) is 0 Å². The molecule has 1 aromatic carbocycles. The van der Waals surface area contributed by atoms with Gasteiger partial charge in [0.15, 0.2) is 0 Å². The van der Waals surface area contributed by atoms with E-state index in [1.165, 1.54) is 6.07 Å². The molecule has 0 amide bonds. The molecule has 0 unspecified atom stereocenters. The minimum absolute atomic E-state index is 0.0968. The number of benzene rings is 1. The first kappa shape index (κ1) is 14.2. The van der Waals surface area contributed by atoms with Crippen molar-refractivity contribution < 1.29 is 23.1 Å². The van der Waals surface area contributed by atoms with Gasteiger partial charge in [-0.05, 0) is 49.4 Å². The lowest BCUT2D eigenvalue weighted by atomic mass is 9.80. The summed E-state index contributed by atoms with van der Waals surface area (Å²) in [5.41, 5.74) is 0.557. The van der Waals surface area contributed by atoms with E-state index in [9.17, 15) is 23.1 Å². The number of halogens is 3. The van der Waals surface area contributed by atoms with Gasteiger partial charge < -0.3 is 10.0 Å². The summed E-state index contributed by atoms with van der Waals surface area (Å²) >= 11 is 0. The molecular formula is C15H16F3NO2. The van der Waals surface area contributed by atoms with Crippen LogP contribution in [0.2, 0.25) is 0 Å². The van der Waals surface area contributed by atoms with Gasteiger partial charge in [-0.15, -0.1) is 0 Å². The Bertz CT molecular complexity index is 571. The van der Waals surface area contributed by atoms with Gasteiger partial charge in [-0.1, -0.05) is 0 Å². The monoisotopic (exact) mass is 299 g/mol. The smallest absolute Gasteiger partial charge is 0.416 e. The molecule has 0 bridgehead atoms. The zero-order valence-electron chi connectivity index (χ0n) is 11.4. The first-order chi connectivity index (χ1) is 9.88. The second-order valence-electron chi connectivity index (χ2n) is 5.75. The number of aliphatic carboxylic acids is 1. The fourth-order valence-corrected chi connectivity index (χ4v) is 3.51. The van der Waals surface area contributed by atoms with Gasteiger partial charge in [-0.2, -0.15) is 13.2 Å². The fourth-order valence-electron chi connectivity index (χ4n) is 3.51. The zero-order chi connectivity index (χ0) is 15.2. The number of nitrogens with zero attached hydrogens (tertiary/aromatic N) is 1. The summed E-state index contributed by atoms with van der Waals surface area (Å²) in [5.74, 6) is -1.55. The Morgan fingerprint density at radius 3 is 2.71 bits per heavy atom. The Labute approximate surface area is 120 Å². The SMILES string of the molecule is O=C(O)[C@@H]1Cc2cc(C(F)(F)F)ccc2N2CCCC[C@@H]12. The summed E-state index contributed by atoms with van der Waals surface area (Å²) in [6.45, 7) is 0.715. The molecule has 1 fully saturated rings. The highest BCUT2D eigenvalue weighted by Crippen LogP contribution is 2.41. The molecule has 3 rings (SSSR count). The topological polar surface area (TPSA) is 40.5 Å². The van der Waals surface area contributed by atoms with Crippen LogP contribution < -0.4 is 4.90 Å². The number of rotatable bonds is 1. The van der Waals surface area contributed by atoms with Crippen LogP contribution in [0.4, 0.5) is 18.9 Å². The average Bonchev–Trinajstić information content (AvgIpc) is 2.44. The van der Waals surface area contributed by atoms with Gasteiger partial charge in [-0.3, -0.25) is 4.79 Å². The second-order valence-corrected chi connectivity index (χ2v) is 5.75. The molecule has 0 saturated carbocycles. The van der Waals surface area contributed by atoms with Crippen LogP contribution in [0, 0.1) is 5.92 Å². The van der Waals surface area contributed by atoms with Crippen molar-refractivity contribution in [1.82, 2.24) is 0 Å². The van der Waals surface area contributed by atoms with E-state index in [0.29, 0.717) is 12.1 Å². The zero-order valence-corrected chi connectivity index (χ0v) is 11.4. The number of carbonyl (C=O) groups is 1. The third kappa shape index (κ3) is 2.47. The Balaban J connectivity index is 2.04. The molecule has 2 aliphatic rings. The first-order valence-electron chi connectivity index (χ1n) is 7.07. The predicted molar refractivity (Wildman–Crippen MR) is 71.3 cm³/mol. The highest BCUT2D eigenvalue weighted by atomic mass is 19.4. The van der Waals surface area contributed by atoms with E-state index in [4.69, 9.17) is 0 Å². The van der Waals surface area contributed by atoms with Gasteiger partial charge in [0.2, 0.25) is 0 Å². The molecule has 1 N–H and O–H groups in total. The van der Waals surface area contributed by atoms with E-state index in [1.807, 2.05) is 4.90 Å². The van der Waals surface area contributed by atoms with Gasteiger partial charge >= 0.3 is 12.1 Å². The number of anilines is 1. The maximum Gasteiger partial charge on any atom is 0.416 e. The Morgan fingerprint density at radius 2 is 2.05 bits per heavy atom. The van der Waals surface area contributed by atoms with Crippen molar-refractivity contribution in [2.24, 2.45) is 5.92 Å². The van der Waals surface area contributed by atoms with E-state index in [-0.39, 0.29) is 12.5 Å². The van der Waals surface area contributed by atoms with Crippen LogP contribution in [0.15, 0.2) is 18.2 Å². The van der Waals surface area contributed by atoms with Crippen LogP contribution in [0.3, 0.4) is 0 Å². The van der Waals surface area contributed by atoms with E-state index < -0.39 is 23.6 Å². The molecule has 2 aliphatic heterocycles. The predicted octanol–water partition coefficient (Wildman–Crippen LogP) is 3.32. The fraction of sp³-hybridized carbons (Fsp3) is 0.533. The van der Waals surface area contributed by atoms with E-state index in [0.717, 1.165) is 37.1 Å². The summed E-state index contributed by atoms with van der Waals surface area (Å²) in [6, 6.07) is 3.59. The van der Waals surface area contributed by atoms with Gasteiger partial charge in [0.25, 0.3) is 0 Å². The van der Waals surface area contributed by atoms with Crippen LogP contribution >= 0.6 is 0 Å². The highest BCUT2D eigenvalue weighted by molar-refractivity contribution is 5.75. The average molecular weight is 299 g/mol. The van der Waals surface area contributed by atoms with Crippen molar-refractivity contribution in [3.05, 3.63) is 29.3 Å². The standard InChI is InChI=1S/C15H16F3NO2/c16-15(17,18)10-4-5-12-9(7-10)8-11(14(20)21)13-3-1-2-6-19(12)13/h4-5,7,11,13H,1-3,6,8H2,(H,20,21)/t11-,13+/m1/s1. The molecule has 0 aliphatic carbocycles. The van der Waals surface area contributed by atoms with E-state index in [2.05, 4.69) is 0 Å². The number of fused-ring (bicyclic) bond motifs is 3. The van der Waals surface area contributed by atoms with Crippen LogP contribution in [0.25, 0.3) is 0 Å². The molecule has 0 spiro atoms. The van der Waals surface area contributed by atoms with E-state index >= 15 is 0 Å². The van der Waals surface area contributed by atoms with Gasteiger partial charge in [0.05, 0.1) is 11.5 Å². The summed E-state index contributed by atoms with van der Waals surface area (Å²) in [5, 5.41) is 9.38. The van der Waals surface area contributed by atoms with E-state index in [1.54, 1.807) is 0 Å². The Kier molecular flexibility index (Phi) is 3.34. The molecule has 0 radical (unpaired) electrons. The van der Waals surface area contributed by atoms with Crippen molar-refractivity contribution in [3.63, 3.8) is 0 Å². The summed E-state index contributed by atoms with van der Waals surface area (Å²) in [7, 11) is 0. The normalized spacial score (nSPS) is 25.2. The van der Waals surface area contributed by atoms with Crippen LogP contribution in [-0.4, -0.2) is 23.7 Å². The van der Waals surface area contributed by atoms with Crippen molar-refractivity contribution in [2.45, 2.75) is 37.9 Å². The molecule has 21 heavy (non-hydrogen) atoms. The lowest BCUT2D eigenvalue weighted by Gasteiger charge is -2.45. The van der Waals surface area contributed by atoms with Crippen molar-refractivity contribution in [2.75, 3.05) is 11.4 Å². The van der Waals surface area contributed by atoms with Crippen LogP contribution in [0.5, 0.6) is 0 Å². The second kappa shape index (κ2) is 4.93. The minimum atomic E-state index is -4.40. The quantitative estimate of drug-likeness (QED) is 0.865. The lowest BCUT2D eigenvalue weighted by Crippen LogP contribution is -2.50. The number of hydrogen-bond acceptors (Lipinski definition) is 2. The number of alkyl halides is 3. The number of carboxylic acids is 1. The maximum absolute atomic E-state index is 12.8. The molecule has 2 heterocycles.